The van der Waals surface area contributed by atoms with E-state index in [1.54, 1.807) is 0 Å². The van der Waals surface area contributed by atoms with Crippen molar-refractivity contribution in [3.63, 3.8) is 0 Å². The van der Waals surface area contributed by atoms with Crippen LogP contribution in [0.2, 0.25) is 0 Å². The van der Waals surface area contributed by atoms with E-state index in [1.165, 1.54) is 11.3 Å². The number of hydrogen-bond donors (Lipinski definition) is 1. The lowest BCUT2D eigenvalue weighted by Crippen LogP contribution is -2.43. The summed E-state index contributed by atoms with van der Waals surface area (Å²) in [7, 11) is 0. The van der Waals surface area contributed by atoms with Crippen LogP contribution in [0.25, 0.3) is 11.1 Å². The molecular formula is C21H26N2O2S. The summed E-state index contributed by atoms with van der Waals surface area (Å²) in [5, 5.41) is 4.99. The van der Waals surface area contributed by atoms with E-state index in [1.807, 2.05) is 46.7 Å². The van der Waals surface area contributed by atoms with Gasteiger partial charge in [-0.15, -0.1) is 11.3 Å². The number of hydrogen-bond acceptors (Lipinski definition) is 3. The van der Waals surface area contributed by atoms with Crippen molar-refractivity contribution in [3.05, 3.63) is 46.7 Å². The second-order valence-electron chi connectivity index (χ2n) is 6.74. The van der Waals surface area contributed by atoms with E-state index >= 15 is 0 Å². The zero-order valence-electron chi connectivity index (χ0n) is 15.2. The third kappa shape index (κ3) is 4.33. The maximum Gasteiger partial charge on any atom is 0.264 e. The van der Waals surface area contributed by atoms with E-state index in [0.717, 1.165) is 48.2 Å². The minimum absolute atomic E-state index is 0.0350. The Morgan fingerprint density at radius 2 is 1.88 bits per heavy atom. The van der Waals surface area contributed by atoms with E-state index in [-0.39, 0.29) is 17.7 Å². The van der Waals surface area contributed by atoms with Gasteiger partial charge in [0, 0.05) is 31.1 Å². The summed E-state index contributed by atoms with van der Waals surface area (Å²) in [5.41, 5.74) is 2.07. The van der Waals surface area contributed by atoms with Crippen LogP contribution in [0.5, 0.6) is 0 Å². The molecule has 0 spiro atoms. The number of nitrogens with zero attached hydrogens (tertiary/aromatic N) is 1. The second-order valence-corrected chi connectivity index (χ2v) is 7.66. The highest BCUT2D eigenvalue weighted by Gasteiger charge is 2.29. The zero-order chi connectivity index (χ0) is 18.4. The third-order valence-electron chi connectivity index (χ3n) is 4.93. The summed E-state index contributed by atoms with van der Waals surface area (Å²) < 4.78 is 0. The van der Waals surface area contributed by atoms with Gasteiger partial charge < -0.3 is 10.2 Å². The van der Waals surface area contributed by atoms with Crippen LogP contribution < -0.4 is 5.32 Å². The molecule has 0 atom stereocenters. The van der Waals surface area contributed by atoms with Crippen molar-refractivity contribution in [1.29, 1.82) is 0 Å². The average molecular weight is 371 g/mol. The van der Waals surface area contributed by atoms with Crippen molar-refractivity contribution in [2.24, 2.45) is 5.92 Å². The molecule has 26 heavy (non-hydrogen) atoms. The SMILES string of the molecule is CCCCNC(=O)C1CCN(C(=O)c2sccc2-c2ccccc2)CC1. The van der Waals surface area contributed by atoms with Gasteiger partial charge in [0.15, 0.2) is 0 Å². The predicted molar refractivity (Wildman–Crippen MR) is 106 cm³/mol. The van der Waals surface area contributed by atoms with Gasteiger partial charge in [0.2, 0.25) is 5.91 Å². The van der Waals surface area contributed by atoms with Gasteiger partial charge in [-0.2, -0.15) is 0 Å². The molecule has 138 valence electrons. The Kier molecular flexibility index (Phi) is 6.45. The standard InChI is InChI=1S/C21H26N2O2S/c1-2-3-12-22-20(24)17-9-13-23(14-10-17)21(25)19-18(11-15-26-19)16-7-5-4-6-8-16/h4-8,11,15,17H,2-3,9-10,12-14H2,1H3,(H,22,24). The topological polar surface area (TPSA) is 49.4 Å². The average Bonchev–Trinajstić information content (AvgIpc) is 3.18. The molecule has 1 aromatic heterocycles. The van der Waals surface area contributed by atoms with Crippen molar-refractivity contribution < 1.29 is 9.59 Å². The Labute approximate surface area is 159 Å². The molecule has 2 heterocycles. The Hall–Kier alpha value is -2.14. The summed E-state index contributed by atoms with van der Waals surface area (Å²) in [6.45, 7) is 4.17. The number of thiophene rings is 1. The molecule has 0 saturated carbocycles. The van der Waals surface area contributed by atoms with E-state index < -0.39 is 0 Å². The summed E-state index contributed by atoms with van der Waals surface area (Å²) >= 11 is 1.50. The van der Waals surface area contributed by atoms with Crippen molar-refractivity contribution in [3.8, 4) is 11.1 Å². The zero-order valence-corrected chi connectivity index (χ0v) is 16.1. The van der Waals surface area contributed by atoms with Crippen LogP contribution >= 0.6 is 11.3 Å². The number of unbranched alkanes of at least 4 members (excludes halogenated alkanes) is 1. The summed E-state index contributed by atoms with van der Waals surface area (Å²) in [4.78, 5) is 27.9. The van der Waals surface area contributed by atoms with Gasteiger partial charge in [-0.1, -0.05) is 43.7 Å². The van der Waals surface area contributed by atoms with Crippen molar-refractivity contribution in [2.45, 2.75) is 32.6 Å². The molecule has 2 aromatic rings. The number of nitrogens with one attached hydrogen (secondary N) is 1. The Morgan fingerprint density at radius 3 is 2.58 bits per heavy atom. The maximum atomic E-state index is 13.0. The molecule has 3 rings (SSSR count). The van der Waals surface area contributed by atoms with Crippen molar-refractivity contribution >= 4 is 23.2 Å². The maximum absolute atomic E-state index is 13.0. The lowest BCUT2D eigenvalue weighted by molar-refractivity contribution is -0.126. The first-order chi connectivity index (χ1) is 12.7. The molecule has 1 aliphatic rings. The van der Waals surface area contributed by atoms with Crippen LogP contribution in [0.1, 0.15) is 42.3 Å². The van der Waals surface area contributed by atoms with Crippen LogP contribution in [0.15, 0.2) is 41.8 Å². The van der Waals surface area contributed by atoms with E-state index in [0.29, 0.717) is 13.1 Å². The minimum Gasteiger partial charge on any atom is -0.356 e. The molecule has 0 bridgehead atoms. The monoisotopic (exact) mass is 370 g/mol. The fraction of sp³-hybridized carbons (Fsp3) is 0.429. The number of likely N-dealkylation sites (tertiary alicyclic amines) is 1. The number of amides is 2. The Bertz CT molecular complexity index is 733. The van der Waals surface area contributed by atoms with Gasteiger partial charge in [-0.25, -0.2) is 0 Å². The first-order valence-electron chi connectivity index (χ1n) is 9.40. The smallest absolute Gasteiger partial charge is 0.264 e. The number of carbonyl (C=O) groups is 2. The van der Waals surface area contributed by atoms with E-state index in [2.05, 4.69) is 12.2 Å². The van der Waals surface area contributed by atoms with E-state index in [4.69, 9.17) is 0 Å². The highest BCUT2D eigenvalue weighted by Crippen LogP contribution is 2.30. The van der Waals surface area contributed by atoms with Crippen LogP contribution in [-0.2, 0) is 4.79 Å². The molecule has 1 fully saturated rings. The van der Waals surface area contributed by atoms with Gasteiger partial charge in [0.1, 0.15) is 0 Å². The highest BCUT2D eigenvalue weighted by molar-refractivity contribution is 7.12. The summed E-state index contributed by atoms with van der Waals surface area (Å²) in [5.74, 6) is 0.267. The molecular weight excluding hydrogens is 344 g/mol. The quantitative estimate of drug-likeness (QED) is 0.776. The molecule has 0 radical (unpaired) electrons. The molecule has 1 N–H and O–H groups in total. The molecule has 1 saturated heterocycles. The first kappa shape index (κ1) is 18.6. The number of rotatable bonds is 6. The number of benzene rings is 1. The Balaban J connectivity index is 1.60. The molecule has 5 heteroatoms. The lowest BCUT2D eigenvalue weighted by atomic mass is 9.95. The predicted octanol–water partition coefficient (Wildman–Crippen LogP) is 4.18. The summed E-state index contributed by atoms with van der Waals surface area (Å²) in [6.07, 6.45) is 3.59. The number of carbonyl (C=O) groups excluding carboxylic acids is 2. The minimum atomic E-state index is 0.0350. The van der Waals surface area contributed by atoms with Crippen LogP contribution in [0, 0.1) is 5.92 Å². The fourth-order valence-electron chi connectivity index (χ4n) is 3.34. The molecule has 1 aromatic carbocycles. The molecule has 1 aliphatic heterocycles. The van der Waals surface area contributed by atoms with Gasteiger partial charge >= 0.3 is 0 Å². The molecule has 0 aliphatic carbocycles. The Morgan fingerprint density at radius 1 is 1.15 bits per heavy atom. The first-order valence-corrected chi connectivity index (χ1v) is 10.3. The summed E-state index contributed by atoms with van der Waals surface area (Å²) in [6, 6.07) is 12.0. The third-order valence-corrected chi connectivity index (χ3v) is 5.83. The molecule has 0 unspecified atom stereocenters. The van der Waals surface area contributed by atoms with Crippen LogP contribution in [-0.4, -0.2) is 36.3 Å². The highest BCUT2D eigenvalue weighted by atomic mass is 32.1. The van der Waals surface area contributed by atoms with Gasteiger partial charge in [0.05, 0.1) is 4.88 Å². The number of piperidine rings is 1. The van der Waals surface area contributed by atoms with Crippen molar-refractivity contribution in [2.75, 3.05) is 19.6 Å². The van der Waals surface area contributed by atoms with Gasteiger partial charge in [0.25, 0.3) is 5.91 Å². The normalized spacial score (nSPS) is 15.0. The van der Waals surface area contributed by atoms with E-state index in [9.17, 15) is 9.59 Å². The second kappa shape index (κ2) is 8.99. The van der Waals surface area contributed by atoms with Crippen molar-refractivity contribution in [1.82, 2.24) is 10.2 Å². The fourth-order valence-corrected chi connectivity index (χ4v) is 4.22. The largest absolute Gasteiger partial charge is 0.356 e. The molecule has 4 nitrogen and oxygen atoms in total. The van der Waals surface area contributed by atoms with Crippen LogP contribution in [0.4, 0.5) is 0 Å². The molecule has 2 amide bonds. The van der Waals surface area contributed by atoms with Crippen LogP contribution in [0.3, 0.4) is 0 Å². The van der Waals surface area contributed by atoms with Gasteiger partial charge in [-0.3, -0.25) is 9.59 Å². The van der Waals surface area contributed by atoms with Gasteiger partial charge in [-0.05, 0) is 36.3 Å². The lowest BCUT2D eigenvalue weighted by Gasteiger charge is -2.31.